The van der Waals surface area contributed by atoms with Crippen LogP contribution in [0.4, 0.5) is 0 Å². The minimum Gasteiger partial charge on any atom is -0.463 e. The number of aliphatic hydroxyl groups is 1. The average molecular weight is 316 g/mol. The van der Waals surface area contributed by atoms with Crippen LogP contribution in [0.15, 0.2) is 35.9 Å². The van der Waals surface area contributed by atoms with E-state index in [0.717, 1.165) is 5.56 Å². The van der Waals surface area contributed by atoms with E-state index >= 15 is 0 Å². The third-order valence-electron chi connectivity index (χ3n) is 4.23. The quantitative estimate of drug-likeness (QED) is 0.867. The second-order valence-electron chi connectivity index (χ2n) is 6.88. The minimum absolute atomic E-state index is 0.124. The fourth-order valence-corrected chi connectivity index (χ4v) is 2.86. The molecule has 0 saturated carbocycles. The van der Waals surface area contributed by atoms with Crippen LogP contribution >= 0.6 is 0 Å². The van der Waals surface area contributed by atoms with Gasteiger partial charge in [-0.2, -0.15) is 0 Å². The van der Waals surface area contributed by atoms with Crippen LogP contribution in [0.5, 0.6) is 0 Å². The Kier molecular flexibility index (Phi) is 4.76. The van der Waals surface area contributed by atoms with Gasteiger partial charge in [-0.25, -0.2) is 4.79 Å². The Morgan fingerprint density at radius 1 is 1.30 bits per heavy atom. The predicted octanol–water partition coefficient (Wildman–Crippen LogP) is 3.06. The van der Waals surface area contributed by atoms with E-state index in [9.17, 15) is 14.7 Å². The van der Waals surface area contributed by atoms with Crippen molar-refractivity contribution in [3.05, 3.63) is 47.0 Å². The monoisotopic (exact) mass is 316 g/mol. The third-order valence-corrected chi connectivity index (χ3v) is 4.23. The first-order chi connectivity index (χ1) is 10.7. The zero-order valence-corrected chi connectivity index (χ0v) is 14.2. The van der Waals surface area contributed by atoms with Gasteiger partial charge in [0.25, 0.3) is 0 Å². The Morgan fingerprint density at radius 3 is 2.43 bits per heavy atom. The molecule has 1 aromatic carbocycles. The van der Waals surface area contributed by atoms with Crippen LogP contribution < -0.4 is 0 Å². The van der Waals surface area contributed by atoms with Crippen molar-refractivity contribution in [3.8, 4) is 0 Å². The molecule has 1 N–H and O–H groups in total. The van der Waals surface area contributed by atoms with E-state index in [1.807, 2.05) is 20.8 Å². The number of benzene rings is 1. The molecule has 23 heavy (non-hydrogen) atoms. The number of ether oxygens (including phenoxy) is 1. The van der Waals surface area contributed by atoms with E-state index in [4.69, 9.17) is 4.74 Å². The number of hydrogen-bond donors (Lipinski definition) is 1. The van der Waals surface area contributed by atoms with Gasteiger partial charge in [-0.3, -0.25) is 4.79 Å². The van der Waals surface area contributed by atoms with Crippen molar-refractivity contribution in [2.75, 3.05) is 6.61 Å². The van der Waals surface area contributed by atoms with Crippen LogP contribution in [0.1, 0.15) is 44.7 Å². The summed E-state index contributed by atoms with van der Waals surface area (Å²) in [5.74, 6) is -1.01. The minimum atomic E-state index is -2.04. The van der Waals surface area contributed by atoms with Crippen molar-refractivity contribution >= 4 is 11.8 Å². The maximum atomic E-state index is 12.6. The van der Waals surface area contributed by atoms with E-state index in [-0.39, 0.29) is 23.4 Å². The normalized spacial score (nSPS) is 19.7. The summed E-state index contributed by atoms with van der Waals surface area (Å²) in [6.45, 7) is 7.72. The highest BCUT2D eigenvalue weighted by molar-refractivity contribution is 6.05. The van der Waals surface area contributed by atoms with Gasteiger partial charge >= 0.3 is 5.97 Å². The Labute approximate surface area is 137 Å². The van der Waals surface area contributed by atoms with Gasteiger partial charge in [0.05, 0.1) is 6.61 Å². The highest BCUT2D eigenvalue weighted by Gasteiger charge is 2.48. The Balaban J connectivity index is 2.54. The molecule has 1 aromatic rings. The summed E-state index contributed by atoms with van der Waals surface area (Å²) in [4.78, 5) is 25.1. The summed E-state index contributed by atoms with van der Waals surface area (Å²) >= 11 is 0. The molecule has 1 atom stereocenters. The van der Waals surface area contributed by atoms with Crippen LogP contribution in [0.2, 0.25) is 0 Å². The van der Waals surface area contributed by atoms with E-state index in [1.165, 1.54) is 0 Å². The second kappa shape index (κ2) is 6.28. The van der Waals surface area contributed by atoms with Gasteiger partial charge < -0.3 is 9.84 Å². The molecule has 1 aliphatic rings. The van der Waals surface area contributed by atoms with Gasteiger partial charge in [0.15, 0.2) is 5.78 Å². The molecular weight excluding hydrogens is 292 g/mol. The lowest BCUT2D eigenvalue weighted by atomic mass is 9.72. The summed E-state index contributed by atoms with van der Waals surface area (Å²) in [5.41, 5.74) is -0.717. The first kappa shape index (κ1) is 17.4. The van der Waals surface area contributed by atoms with Crippen molar-refractivity contribution < 1.29 is 19.4 Å². The summed E-state index contributed by atoms with van der Waals surface area (Å²) in [6.07, 6.45) is 2.61. The molecule has 0 heterocycles. The standard InChI is InChI=1S/C19H24O4/c1-5-23-17(21)19(22,14-8-6-13(2)7-9-14)15-10-11-18(3,4)12-16(15)20/h6-10,22H,5,11-12H2,1-4H3. The fraction of sp³-hybridized carbons (Fsp3) is 0.474. The summed E-state index contributed by atoms with van der Waals surface area (Å²) in [7, 11) is 0. The number of esters is 1. The third kappa shape index (κ3) is 3.37. The van der Waals surface area contributed by atoms with Gasteiger partial charge in [0.1, 0.15) is 0 Å². The largest absolute Gasteiger partial charge is 0.463 e. The number of hydrogen-bond acceptors (Lipinski definition) is 4. The van der Waals surface area contributed by atoms with Gasteiger partial charge in [-0.15, -0.1) is 0 Å². The number of carbonyl (C=O) groups excluding carboxylic acids is 2. The smallest absolute Gasteiger partial charge is 0.347 e. The molecule has 2 rings (SSSR count). The first-order valence-corrected chi connectivity index (χ1v) is 7.91. The molecule has 1 aliphatic carbocycles. The molecular formula is C19H24O4. The highest BCUT2D eigenvalue weighted by Crippen LogP contribution is 2.40. The number of allylic oxidation sites excluding steroid dienone is 1. The summed E-state index contributed by atoms with van der Waals surface area (Å²) in [6, 6.07) is 6.94. The maximum Gasteiger partial charge on any atom is 0.347 e. The molecule has 0 saturated heterocycles. The Morgan fingerprint density at radius 2 is 1.91 bits per heavy atom. The van der Waals surface area contributed by atoms with Gasteiger partial charge in [-0.05, 0) is 31.2 Å². The SMILES string of the molecule is CCOC(=O)C(O)(C1=CCC(C)(C)CC1=O)c1ccc(C)cc1. The Bertz CT molecular complexity index is 640. The summed E-state index contributed by atoms with van der Waals surface area (Å²) < 4.78 is 5.06. The molecule has 4 heteroatoms. The van der Waals surface area contributed by atoms with E-state index in [0.29, 0.717) is 18.4 Å². The first-order valence-electron chi connectivity index (χ1n) is 7.91. The molecule has 0 aliphatic heterocycles. The molecule has 0 bridgehead atoms. The molecule has 0 spiro atoms. The molecule has 0 amide bonds. The number of aryl methyl sites for hydroxylation is 1. The Hall–Kier alpha value is -1.94. The van der Waals surface area contributed by atoms with E-state index in [1.54, 1.807) is 37.3 Å². The lowest BCUT2D eigenvalue weighted by molar-refractivity contribution is -0.163. The highest BCUT2D eigenvalue weighted by atomic mass is 16.5. The number of rotatable bonds is 4. The van der Waals surface area contributed by atoms with Crippen LogP contribution in [-0.2, 0) is 19.9 Å². The molecule has 4 nitrogen and oxygen atoms in total. The number of carbonyl (C=O) groups is 2. The molecule has 0 aromatic heterocycles. The van der Waals surface area contributed by atoms with Crippen molar-refractivity contribution in [3.63, 3.8) is 0 Å². The average Bonchev–Trinajstić information content (AvgIpc) is 2.46. The topological polar surface area (TPSA) is 63.6 Å². The molecule has 0 radical (unpaired) electrons. The molecule has 124 valence electrons. The van der Waals surface area contributed by atoms with E-state index < -0.39 is 11.6 Å². The van der Waals surface area contributed by atoms with Crippen LogP contribution in [-0.4, -0.2) is 23.5 Å². The zero-order valence-electron chi connectivity index (χ0n) is 14.2. The fourth-order valence-electron chi connectivity index (χ4n) is 2.86. The maximum absolute atomic E-state index is 12.6. The van der Waals surface area contributed by atoms with Crippen molar-refractivity contribution in [1.29, 1.82) is 0 Å². The van der Waals surface area contributed by atoms with E-state index in [2.05, 4.69) is 0 Å². The summed E-state index contributed by atoms with van der Waals surface area (Å²) in [5, 5.41) is 11.2. The zero-order chi connectivity index (χ0) is 17.3. The predicted molar refractivity (Wildman–Crippen MR) is 87.8 cm³/mol. The van der Waals surface area contributed by atoms with Crippen molar-refractivity contribution in [2.24, 2.45) is 5.41 Å². The second-order valence-corrected chi connectivity index (χ2v) is 6.88. The lowest BCUT2D eigenvalue weighted by Gasteiger charge is -2.34. The van der Waals surface area contributed by atoms with Gasteiger partial charge in [-0.1, -0.05) is 49.8 Å². The van der Waals surface area contributed by atoms with Crippen LogP contribution in [0, 0.1) is 12.3 Å². The number of Topliss-reactive ketones (excluding diaryl/α,β-unsaturated/α-hetero) is 1. The number of ketones is 1. The molecule has 1 unspecified atom stereocenters. The van der Waals surface area contributed by atoms with Crippen molar-refractivity contribution in [2.45, 2.75) is 46.1 Å². The molecule has 0 fully saturated rings. The lowest BCUT2D eigenvalue weighted by Crippen LogP contribution is -2.44. The van der Waals surface area contributed by atoms with Crippen LogP contribution in [0.25, 0.3) is 0 Å². The van der Waals surface area contributed by atoms with Crippen LogP contribution in [0.3, 0.4) is 0 Å². The van der Waals surface area contributed by atoms with Crippen molar-refractivity contribution in [1.82, 2.24) is 0 Å². The van der Waals surface area contributed by atoms with Gasteiger partial charge in [0.2, 0.25) is 5.60 Å². The van der Waals surface area contributed by atoms with Gasteiger partial charge in [0, 0.05) is 12.0 Å².